The minimum absolute atomic E-state index is 0. The van der Waals surface area contributed by atoms with E-state index < -0.39 is 48.4 Å². The first-order chi connectivity index (χ1) is 11.0. The number of aliphatic hydroxyl groups is 1. The molecule has 12 nitrogen and oxygen atoms in total. The molecule has 0 fully saturated rings. The van der Waals surface area contributed by atoms with E-state index in [-0.39, 0.29) is 95.1 Å². The van der Waals surface area contributed by atoms with Gasteiger partial charge in [0, 0.05) is 37.4 Å². The summed E-state index contributed by atoms with van der Waals surface area (Å²) in [7, 11) is 0. The number of carboxylic acid groups (broad SMARTS) is 4. The molecule has 5 N–H and O–H groups in total. The number of carboxylic acids is 4. The molecule has 0 radical (unpaired) electrons. The van der Waals surface area contributed by atoms with Gasteiger partial charge in [-0.3, -0.25) is 4.79 Å². The first kappa shape index (κ1) is 34.5. The summed E-state index contributed by atoms with van der Waals surface area (Å²) in [5, 5.41) is 47.3. The third-order valence-electron chi connectivity index (χ3n) is 2.55. The number of aromatic amines is 1. The molecule has 1 aromatic heterocycles. The predicted octanol–water partition coefficient (Wildman–Crippen LogP) is -14.9. The van der Waals surface area contributed by atoms with Crippen molar-refractivity contribution in [1.29, 1.82) is 0 Å². The van der Waals surface area contributed by atoms with E-state index >= 15 is 0 Å². The fraction of sp³-hybridized carbons (Fsp3) is 0.417. The summed E-state index contributed by atoms with van der Waals surface area (Å²) in [6, 6.07) is -0.863. The van der Waals surface area contributed by atoms with Crippen LogP contribution in [-0.4, -0.2) is 55.7 Å². The molecular formula is C12H14N3Na3O9. The third-order valence-corrected chi connectivity index (χ3v) is 2.55. The van der Waals surface area contributed by atoms with Crippen LogP contribution in [0.4, 0.5) is 0 Å². The molecule has 0 saturated heterocycles. The van der Waals surface area contributed by atoms with Crippen LogP contribution < -0.4 is 110 Å². The van der Waals surface area contributed by atoms with Gasteiger partial charge in [0.15, 0.2) is 0 Å². The molecule has 0 aromatic carbocycles. The zero-order valence-electron chi connectivity index (χ0n) is 15.1. The van der Waals surface area contributed by atoms with Gasteiger partial charge in [0.1, 0.15) is 11.6 Å². The zero-order chi connectivity index (χ0) is 18.9. The van der Waals surface area contributed by atoms with Crippen LogP contribution in [0.1, 0.15) is 18.5 Å². The topological polar surface area (TPSA) is 233 Å². The number of hydrogen-bond acceptors (Lipinski definition) is 10. The number of rotatable bonds is 8. The van der Waals surface area contributed by atoms with E-state index in [0.29, 0.717) is 5.69 Å². The van der Waals surface area contributed by atoms with Crippen LogP contribution in [0.2, 0.25) is 0 Å². The second-order valence-corrected chi connectivity index (χ2v) is 4.63. The molecule has 1 atom stereocenters. The van der Waals surface area contributed by atoms with E-state index in [4.69, 9.17) is 15.9 Å². The van der Waals surface area contributed by atoms with Gasteiger partial charge in [-0.05, 0) is 0 Å². The number of nitrogens with two attached hydrogens (primary N) is 1. The minimum Gasteiger partial charge on any atom is -0.550 e. The Morgan fingerprint density at radius 2 is 1.56 bits per heavy atom. The van der Waals surface area contributed by atoms with Gasteiger partial charge in [0.05, 0.1) is 18.0 Å². The molecule has 0 aliphatic rings. The molecule has 1 rings (SSSR count). The van der Waals surface area contributed by atoms with Crippen molar-refractivity contribution in [3.63, 3.8) is 0 Å². The van der Waals surface area contributed by atoms with Crippen molar-refractivity contribution >= 4 is 23.9 Å². The van der Waals surface area contributed by atoms with Crippen LogP contribution in [0.3, 0.4) is 0 Å². The average Bonchev–Trinajstić information content (AvgIpc) is 2.90. The number of imidazole rings is 1. The summed E-state index contributed by atoms with van der Waals surface area (Å²) in [5.74, 6) is -6.99. The normalized spacial score (nSPS) is 10.4. The second kappa shape index (κ2) is 16.9. The molecule has 0 bridgehead atoms. The van der Waals surface area contributed by atoms with Crippen molar-refractivity contribution in [1.82, 2.24) is 9.97 Å². The Morgan fingerprint density at radius 3 is 1.81 bits per heavy atom. The molecule has 1 aromatic rings. The summed E-state index contributed by atoms with van der Waals surface area (Å²) in [5.41, 5.74) is 2.95. The Kier molecular flexibility index (Phi) is 21.6. The fourth-order valence-electron chi connectivity index (χ4n) is 1.40. The Bertz CT molecular complexity index is 582. The van der Waals surface area contributed by atoms with Crippen LogP contribution in [0, 0.1) is 0 Å². The van der Waals surface area contributed by atoms with E-state index in [1.54, 1.807) is 6.20 Å². The smallest absolute Gasteiger partial charge is 0.550 e. The Balaban J connectivity index is -0.000000178. The second-order valence-electron chi connectivity index (χ2n) is 4.63. The standard InChI is InChI=1S/C6H9N3O2.C6H8O7.3Na/c7-5(6(10)11)1-4-2-8-3-9-4;7-3(8)1-6(13,5(11)12)2-4(9)10;;;/h2-3,5H,1,7H2,(H,8,9)(H,10,11);13H,1-2H2,(H,7,8)(H,9,10)(H,11,12);;;/q;;3*+1/p-3. The molecule has 134 valence electrons. The quantitative estimate of drug-likeness (QED) is 0.292. The largest absolute Gasteiger partial charge is 1.00 e. The van der Waals surface area contributed by atoms with Crippen LogP contribution in [0.5, 0.6) is 0 Å². The van der Waals surface area contributed by atoms with Crippen molar-refractivity contribution in [3.05, 3.63) is 18.2 Å². The van der Waals surface area contributed by atoms with Crippen molar-refractivity contribution in [2.75, 3.05) is 0 Å². The SMILES string of the molecule is NC(Cc1c[nH]cn1)C(=O)O.O=C([O-])CC(O)(CC(=O)[O-])C(=O)[O-].[Na+].[Na+].[Na+]. The number of carbonyl (C=O) groups excluding carboxylic acids is 3. The van der Waals surface area contributed by atoms with E-state index in [2.05, 4.69) is 9.97 Å². The summed E-state index contributed by atoms with van der Waals surface area (Å²) in [4.78, 5) is 46.8. The number of H-pyrrole nitrogens is 1. The van der Waals surface area contributed by atoms with E-state index in [1.165, 1.54) is 6.33 Å². The maximum Gasteiger partial charge on any atom is 1.00 e. The molecule has 27 heavy (non-hydrogen) atoms. The Hall–Kier alpha value is 0.01000. The molecule has 0 aliphatic heterocycles. The van der Waals surface area contributed by atoms with Crippen LogP contribution in [0.25, 0.3) is 0 Å². The number of aliphatic carboxylic acids is 4. The van der Waals surface area contributed by atoms with Gasteiger partial charge in [-0.1, -0.05) is 0 Å². The number of nitrogens with zero attached hydrogens (tertiary/aromatic N) is 1. The zero-order valence-corrected chi connectivity index (χ0v) is 21.1. The molecule has 0 amide bonds. The monoisotopic (exact) mass is 413 g/mol. The molecule has 0 aliphatic carbocycles. The molecular weight excluding hydrogens is 399 g/mol. The molecule has 15 heteroatoms. The molecule has 1 unspecified atom stereocenters. The van der Waals surface area contributed by atoms with Crippen molar-refractivity contribution in [2.45, 2.75) is 30.9 Å². The average molecular weight is 413 g/mol. The molecule has 0 spiro atoms. The molecule has 0 saturated carbocycles. The minimum atomic E-state index is -2.97. The first-order valence-corrected chi connectivity index (χ1v) is 6.27. The maximum absolute atomic E-state index is 10.3. The van der Waals surface area contributed by atoms with Gasteiger partial charge in [-0.2, -0.15) is 0 Å². The van der Waals surface area contributed by atoms with Gasteiger partial charge in [-0.25, -0.2) is 4.98 Å². The Labute approximate surface area is 219 Å². The van der Waals surface area contributed by atoms with E-state index in [0.717, 1.165) is 0 Å². The summed E-state index contributed by atoms with van der Waals surface area (Å²) >= 11 is 0. The van der Waals surface area contributed by atoms with E-state index in [1.807, 2.05) is 0 Å². The predicted molar refractivity (Wildman–Crippen MR) is 67.1 cm³/mol. The van der Waals surface area contributed by atoms with Gasteiger partial charge in [-0.15, -0.1) is 0 Å². The maximum atomic E-state index is 10.3. The fourth-order valence-corrected chi connectivity index (χ4v) is 1.40. The number of hydrogen-bond donors (Lipinski definition) is 4. The van der Waals surface area contributed by atoms with Crippen LogP contribution in [-0.2, 0) is 25.6 Å². The third kappa shape index (κ3) is 15.6. The first-order valence-electron chi connectivity index (χ1n) is 6.27. The van der Waals surface area contributed by atoms with Gasteiger partial charge >= 0.3 is 94.6 Å². The van der Waals surface area contributed by atoms with Gasteiger partial charge in [0.2, 0.25) is 0 Å². The number of nitrogens with one attached hydrogen (secondary N) is 1. The van der Waals surface area contributed by atoms with Crippen molar-refractivity contribution < 1.29 is 133 Å². The van der Waals surface area contributed by atoms with E-state index in [9.17, 15) is 34.5 Å². The summed E-state index contributed by atoms with van der Waals surface area (Å²) < 4.78 is 0. The summed E-state index contributed by atoms with van der Waals surface area (Å²) in [6.45, 7) is 0. The number of carbonyl (C=O) groups is 4. The molecule has 1 heterocycles. The summed E-state index contributed by atoms with van der Waals surface area (Å²) in [6.07, 6.45) is 0.665. The van der Waals surface area contributed by atoms with Gasteiger partial charge < -0.3 is 50.6 Å². The van der Waals surface area contributed by atoms with Crippen molar-refractivity contribution in [3.8, 4) is 0 Å². The van der Waals surface area contributed by atoms with Crippen LogP contribution in [0.15, 0.2) is 12.5 Å². The van der Waals surface area contributed by atoms with Crippen LogP contribution >= 0.6 is 0 Å². The van der Waals surface area contributed by atoms with Gasteiger partial charge in [0.25, 0.3) is 0 Å². The Morgan fingerprint density at radius 1 is 1.11 bits per heavy atom. The van der Waals surface area contributed by atoms with Crippen molar-refractivity contribution in [2.24, 2.45) is 5.73 Å². The number of aromatic nitrogens is 2.